The first-order valence-electron chi connectivity index (χ1n) is 26.7. The van der Waals surface area contributed by atoms with Crippen molar-refractivity contribution >= 4 is 33.0 Å². The molecule has 0 bridgehead atoms. The summed E-state index contributed by atoms with van der Waals surface area (Å²) >= 11 is 0. The van der Waals surface area contributed by atoms with Gasteiger partial charge in [0.15, 0.2) is 0 Å². The standard InChI is InChI=1S/C47H42FN2O.C17H20N.Ir/c1-28(2)39-25-33(31-15-20-34(21-16-31)47(5,6)7)26-40(29(3)4)44(39)50-42-14-9-8-13-41(42)49-46(50)38-12-10-11-37-36-24-19-32(27-43(36)51-45(37)38)30-17-22-35(48)23-18-30;1-12-6-8-14(9-7-12)16-10-15(17(3,4)5)13(2)11-18-16;/h8-11,13-29H,1-7H3;6-8,10-11H,1-5H3;/q2*-1;/i;1D3,2D3;. The van der Waals surface area contributed by atoms with Crippen LogP contribution in [0.25, 0.3) is 83.6 Å². The monoisotopic (exact) mass is 1110 g/mol. The van der Waals surface area contributed by atoms with Crippen LogP contribution >= 0.6 is 0 Å². The first-order valence-corrected chi connectivity index (χ1v) is 23.7. The van der Waals surface area contributed by atoms with Crippen molar-refractivity contribution in [3.63, 3.8) is 0 Å². The van der Waals surface area contributed by atoms with E-state index in [1.807, 2.05) is 39.0 Å². The van der Waals surface area contributed by atoms with Crippen molar-refractivity contribution in [3.8, 4) is 50.6 Å². The van der Waals surface area contributed by atoms with Gasteiger partial charge in [-0.2, -0.15) is 0 Å². The van der Waals surface area contributed by atoms with Crippen molar-refractivity contribution in [3.05, 3.63) is 197 Å². The summed E-state index contributed by atoms with van der Waals surface area (Å²) in [6.07, 6.45) is 1.38. The Labute approximate surface area is 435 Å². The molecule has 6 heteroatoms. The molecule has 1 radical (unpaired) electrons. The van der Waals surface area contributed by atoms with Crippen LogP contribution in [0.5, 0.6) is 0 Å². The quantitative estimate of drug-likeness (QED) is 0.149. The van der Waals surface area contributed by atoms with Crippen molar-refractivity contribution in [2.45, 2.75) is 106 Å². The third-order valence-electron chi connectivity index (χ3n) is 12.9. The fraction of sp³-hybridized carbons (Fsp3) is 0.250. The zero-order valence-corrected chi connectivity index (χ0v) is 43.9. The summed E-state index contributed by atoms with van der Waals surface area (Å²) in [5, 5.41) is 2.02. The average Bonchev–Trinajstić information content (AvgIpc) is 3.94. The molecule has 0 N–H and O–H groups in total. The summed E-state index contributed by atoms with van der Waals surface area (Å²) < 4.78 is 68.0. The Balaban J connectivity index is 0.000000258. The number of hydrogen-bond donors (Lipinski definition) is 0. The smallest absolute Gasteiger partial charge is 0.123 e. The molecule has 0 aliphatic rings. The fourth-order valence-electron chi connectivity index (χ4n) is 9.10. The maximum atomic E-state index is 13.7. The molecule has 3 aromatic heterocycles. The van der Waals surface area contributed by atoms with Crippen LogP contribution in [0, 0.1) is 31.7 Å². The van der Waals surface area contributed by atoms with E-state index in [4.69, 9.17) is 17.6 Å². The van der Waals surface area contributed by atoms with Gasteiger partial charge in [0.05, 0.1) is 22.4 Å². The molecule has 10 aromatic rings. The van der Waals surface area contributed by atoms with Gasteiger partial charge in [0.25, 0.3) is 0 Å². The topological polar surface area (TPSA) is 43.9 Å². The second kappa shape index (κ2) is 19.7. The predicted octanol–water partition coefficient (Wildman–Crippen LogP) is 17.9. The van der Waals surface area contributed by atoms with E-state index < -0.39 is 13.7 Å². The summed E-state index contributed by atoms with van der Waals surface area (Å²) in [6.45, 7) is 17.3. The van der Waals surface area contributed by atoms with Crippen molar-refractivity contribution in [2.75, 3.05) is 0 Å². The third kappa shape index (κ3) is 9.95. The van der Waals surface area contributed by atoms with Gasteiger partial charge >= 0.3 is 0 Å². The molecule has 0 atom stereocenters. The number of aryl methyl sites for hydroxylation is 2. The van der Waals surface area contributed by atoms with Crippen molar-refractivity contribution in [1.82, 2.24) is 14.5 Å². The van der Waals surface area contributed by atoms with E-state index in [0.29, 0.717) is 16.8 Å². The molecule has 3 heterocycles. The largest absolute Gasteiger partial charge is 0.501 e. The zero-order valence-electron chi connectivity index (χ0n) is 47.5. The first-order chi connectivity index (χ1) is 35.3. The van der Waals surface area contributed by atoms with Gasteiger partial charge in [-0.3, -0.25) is 4.98 Å². The molecule has 7 aromatic carbocycles. The van der Waals surface area contributed by atoms with Crippen molar-refractivity contribution in [2.24, 2.45) is 0 Å². The molecule has 0 aliphatic heterocycles. The average molecular weight is 1110 g/mol. The SMILES string of the molecule is CC(C)c1cc(-c2ccc(C(C)(C)C)cc2)cc(C(C)C)c1-n1c(-c2[c-]ccc3c2oc2cc(-c4ccc(F)cc4)ccc23)nc2ccccc21.[2H]C([2H])([2H])c1c[c-]c(-c2cc(C(C)(C)C)c(C([2H])([2H])[2H])cn2)cc1.[Ir]. The fourth-order valence-corrected chi connectivity index (χ4v) is 9.10. The first kappa shape index (κ1) is 42.4. The minimum atomic E-state index is -2.23. The summed E-state index contributed by atoms with van der Waals surface area (Å²) in [7, 11) is 0. The summed E-state index contributed by atoms with van der Waals surface area (Å²) in [6, 6.07) is 51.8. The minimum absolute atomic E-state index is 0. The number of aromatic nitrogens is 3. The van der Waals surface area contributed by atoms with Crippen molar-refractivity contribution in [1.29, 1.82) is 0 Å². The minimum Gasteiger partial charge on any atom is -0.501 e. The van der Waals surface area contributed by atoms with Gasteiger partial charge in [-0.15, -0.1) is 53.6 Å². The van der Waals surface area contributed by atoms with Gasteiger partial charge in [0, 0.05) is 45.6 Å². The number of benzene rings is 7. The normalized spacial score (nSPS) is 13.6. The Morgan fingerprint density at radius 2 is 1.34 bits per heavy atom. The van der Waals surface area contributed by atoms with E-state index in [-0.39, 0.29) is 59.7 Å². The number of halogens is 1. The maximum Gasteiger partial charge on any atom is 0.123 e. The van der Waals surface area contributed by atoms with Gasteiger partial charge < -0.3 is 14.0 Å². The van der Waals surface area contributed by atoms with Crippen LogP contribution in [0.3, 0.4) is 0 Å². The van der Waals surface area contributed by atoms with E-state index in [9.17, 15) is 4.39 Å². The van der Waals surface area contributed by atoms with Crippen LogP contribution in [0.1, 0.15) is 123 Å². The number of rotatable bonds is 7. The number of nitrogens with zero attached hydrogens (tertiary/aromatic N) is 3. The number of hydrogen-bond acceptors (Lipinski definition) is 3. The van der Waals surface area contributed by atoms with Crippen LogP contribution in [-0.2, 0) is 30.9 Å². The van der Waals surface area contributed by atoms with Gasteiger partial charge in [0.1, 0.15) is 11.4 Å². The molecule has 357 valence electrons. The van der Waals surface area contributed by atoms with Gasteiger partial charge in [-0.25, -0.2) is 4.39 Å². The van der Waals surface area contributed by atoms with Crippen LogP contribution in [0.4, 0.5) is 4.39 Å². The maximum absolute atomic E-state index is 13.7. The molecule has 10 rings (SSSR count). The number of imidazole rings is 1. The van der Waals surface area contributed by atoms with Gasteiger partial charge in [0.2, 0.25) is 0 Å². The summed E-state index contributed by atoms with van der Waals surface area (Å²) in [5.41, 5.74) is 15.7. The van der Waals surface area contributed by atoms with E-state index in [2.05, 4.69) is 143 Å². The van der Waals surface area contributed by atoms with Crippen LogP contribution in [0.15, 0.2) is 150 Å². The Morgan fingerprint density at radius 3 is 1.97 bits per heavy atom. The zero-order chi connectivity index (χ0) is 53.9. The number of fused-ring (bicyclic) bond motifs is 4. The molecular weight excluding hydrogens is 1040 g/mol. The Kier molecular flexibility index (Phi) is 12.0. The van der Waals surface area contributed by atoms with E-state index in [1.165, 1.54) is 64.0 Å². The molecule has 0 unspecified atom stereocenters. The second-order valence-electron chi connectivity index (χ2n) is 20.7. The van der Waals surface area contributed by atoms with E-state index >= 15 is 0 Å². The molecule has 0 saturated heterocycles. The van der Waals surface area contributed by atoms with Gasteiger partial charge in [-0.1, -0.05) is 154 Å². The number of para-hydroxylation sites is 2. The van der Waals surface area contributed by atoms with E-state index in [1.54, 1.807) is 24.3 Å². The summed E-state index contributed by atoms with van der Waals surface area (Å²) in [4.78, 5) is 9.55. The van der Waals surface area contributed by atoms with Crippen LogP contribution in [-0.4, -0.2) is 14.5 Å². The second-order valence-corrected chi connectivity index (χ2v) is 20.7. The van der Waals surface area contributed by atoms with E-state index in [0.717, 1.165) is 55.5 Å². The molecule has 0 saturated carbocycles. The molecule has 0 aliphatic carbocycles. The molecule has 0 spiro atoms. The Bertz CT molecular complexity index is 3680. The Morgan fingerprint density at radius 1 is 0.671 bits per heavy atom. The predicted molar refractivity (Wildman–Crippen MR) is 287 cm³/mol. The van der Waals surface area contributed by atoms with Crippen LogP contribution < -0.4 is 0 Å². The van der Waals surface area contributed by atoms with Crippen molar-refractivity contribution < 1.29 is 37.1 Å². The molecular formula is C64H62FIrN3O-2. The summed E-state index contributed by atoms with van der Waals surface area (Å²) in [5.74, 6) is 1.04. The Hall–Kier alpha value is -6.46. The molecule has 0 amide bonds. The van der Waals surface area contributed by atoms with Gasteiger partial charge in [-0.05, 0) is 128 Å². The molecule has 70 heavy (non-hydrogen) atoms. The number of pyridine rings is 1. The molecule has 4 nitrogen and oxygen atoms in total. The third-order valence-corrected chi connectivity index (χ3v) is 12.9. The van der Waals surface area contributed by atoms with Crippen LogP contribution in [0.2, 0.25) is 0 Å². The number of furan rings is 1. The molecule has 0 fully saturated rings.